The highest BCUT2D eigenvalue weighted by Crippen LogP contribution is 2.23. The van der Waals surface area contributed by atoms with Crippen LogP contribution in [0.1, 0.15) is 23.4 Å². The minimum absolute atomic E-state index is 0.225. The van der Waals surface area contributed by atoms with Gasteiger partial charge in [-0.3, -0.25) is 0 Å². The van der Waals surface area contributed by atoms with Gasteiger partial charge in [0, 0.05) is 0 Å². The van der Waals surface area contributed by atoms with Gasteiger partial charge in [0.15, 0.2) is 0 Å². The number of aliphatic hydroxyl groups is 1. The second kappa shape index (κ2) is 4.07. The molecule has 0 spiro atoms. The molecule has 1 heterocycles. The Hall–Kier alpha value is -1.61. The van der Waals surface area contributed by atoms with Crippen molar-refractivity contribution in [1.29, 1.82) is 5.26 Å². The number of aliphatic hydroxyl groups excluding tert-OH is 1. The molecule has 0 aromatic carbocycles. The number of pyridine rings is 1. The SMILES string of the molecule is N#Cc1c(F)cc(CO)nc1C(F)F. The Morgan fingerprint density at radius 1 is 1.57 bits per heavy atom. The first-order valence-electron chi connectivity index (χ1n) is 3.58. The maximum absolute atomic E-state index is 13.0. The van der Waals surface area contributed by atoms with Gasteiger partial charge < -0.3 is 5.11 Å². The van der Waals surface area contributed by atoms with Crippen LogP contribution < -0.4 is 0 Å². The number of hydrogen-bond acceptors (Lipinski definition) is 3. The van der Waals surface area contributed by atoms with Crippen LogP contribution in [0.2, 0.25) is 0 Å². The average Bonchev–Trinajstić information content (AvgIpc) is 2.16. The monoisotopic (exact) mass is 202 g/mol. The number of hydrogen-bond donors (Lipinski definition) is 1. The molecule has 3 nitrogen and oxygen atoms in total. The Kier molecular flexibility index (Phi) is 3.04. The predicted molar refractivity (Wildman–Crippen MR) is 39.8 cm³/mol. The number of rotatable bonds is 2. The second-order valence-corrected chi connectivity index (χ2v) is 2.43. The number of nitriles is 1. The van der Waals surface area contributed by atoms with Crippen molar-refractivity contribution in [1.82, 2.24) is 4.98 Å². The van der Waals surface area contributed by atoms with Gasteiger partial charge in [0.1, 0.15) is 23.1 Å². The van der Waals surface area contributed by atoms with Crippen molar-refractivity contribution in [2.75, 3.05) is 0 Å². The van der Waals surface area contributed by atoms with E-state index in [2.05, 4.69) is 4.98 Å². The first kappa shape index (κ1) is 10.5. The highest BCUT2D eigenvalue weighted by atomic mass is 19.3. The van der Waals surface area contributed by atoms with E-state index in [0.717, 1.165) is 6.07 Å². The van der Waals surface area contributed by atoms with Gasteiger partial charge in [-0.1, -0.05) is 0 Å². The number of alkyl halides is 2. The van der Waals surface area contributed by atoms with E-state index in [1.54, 1.807) is 0 Å². The molecule has 1 N–H and O–H groups in total. The Bertz CT molecular complexity index is 387. The standard InChI is InChI=1S/C8H5F3N2O/c9-6-1-4(3-14)13-7(8(10)11)5(6)2-12/h1,8,14H,3H2. The third-order valence-corrected chi connectivity index (χ3v) is 1.53. The largest absolute Gasteiger partial charge is 0.390 e. The van der Waals surface area contributed by atoms with Gasteiger partial charge >= 0.3 is 0 Å². The summed E-state index contributed by atoms with van der Waals surface area (Å²) in [5.41, 5.74) is -1.94. The fraction of sp³-hybridized carbons (Fsp3) is 0.250. The highest BCUT2D eigenvalue weighted by molar-refractivity contribution is 5.36. The molecule has 0 aliphatic carbocycles. The second-order valence-electron chi connectivity index (χ2n) is 2.43. The van der Waals surface area contributed by atoms with Crippen molar-refractivity contribution in [3.8, 4) is 6.07 Å². The molecule has 0 aliphatic rings. The summed E-state index contributed by atoms with van der Waals surface area (Å²) in [5, 5.41) is 17.0. The number of halogens is 3. The molecule has 1 rings (SSSR count). The van der Waals surface area contributed by atoms with Crippen molar-refractivity contribution in [2.24, 2.45) is 0 Å². The summed E-state index contributed by atoms with van der Waals surface area (Å²) >= 11 is 0. The Balaban J connectivity index is 3.37. The van der Waals surface area contributed by atoms with Crippen molar-refractivity contribution >= 4 is 0 Å². The first-order valence-corrected chi connectivity index (χ1v) is 3.58. The molecule has 0 radical (unpaired) electrons. The fourth-order valence-corrected chi connectivity index (χ4v) is 0.933. The van der Waals surface area contributed by atoms with E-state index in [1.165, 1.54) is 6.07 Å². The van der Waals surface area contributed by atoms with Crippen LogP contribution in [0.25, 0.3) is 0 Å². The molecule has 0 bridgehead atoms. The van der Waals surface area contributed by atoms with Gasteiger partial charge in [0.25, 0.3) is 6.43 Å². The van der Waals surface area contributed by atoms with E-state index < -0.39 is 30.1 Å². The molecule has 1 aromatic rings. The molecular weight excluding hydrogens is 197 g/mol. The van der Waals surface area contributed by atoms with E-state index in [9.17, 15) is 13.2 Å². The fourth-order valence-electron chi connectivity index (χ4n) is 0.933. The lowest BCUT2D eigenvalue weighted by molar-refractivity contribution is 0.144. The van der Waals surface area contributed by atoms with Gasteiger partial charge in [-0.05, 0) is 6.07 Å². The van der Waals surface area contributed by atoms with Crippen molar-refractivity contribution in [3.63, 3.8) is 0 Å². The molecular formula is C8H5F3N2O. The zero-order chi connectivity index (χ0) is 10.7. The van der Waals surface area contributed by atoms with E-state index in [-0.39, 0.29) is 5.69 Å². The maximum Gasteiger partial charge on any atom is 0.281 e. The van der Waals surface area contributed by atoms with Crippen LogP contribution in [-0.4, -0.2) is 10.1 Å². The minimum Gasteiger partial charge on any atom is -0.390 e. The molecule has 74 valence electrons. The van der Waals surface area contributed by atoms with Crippen molar-refractivity contribution in [3.05, 3.63) is 28.8 Å². The maximum atomic E-state index is 13.0. The quantitative estimate of drug-likeness (QED) is 0.790. The third kappa shape index (κ3) is 1.83. The molecule has 0 saturated carbocycles. The lowest BCUT2D eigenvalue weighted by Crippen LogP contribution is -2.03. The molecule has 0 unspecified atom stereocenters. The van der Waals surface area contributed by atoms with Crippen LogP contribution in [0.4, 0.5) is 13.2 Å². The van der Waals surface area contributed by atoms with Gasteiger partial charge in [0.2, 0.25) is 0 Å². The van der Waals surface area contributed by atoms with Gasteiger partial charge in [0.05, 0.1) is 12.3 Å². The molecule has 6 heteroatoms. The van der Waals surface area contributed by atoms with Gasteiger partial charge in [-0.2, -0.15) is 5.26 Å². The summed E-state index contributed by atoms with van der Waals surface area (Å²) in [5.74, 6) is -1.10. The van der Waals surface area contributed by atoms with Gasteiger partial charge in [-0.15, -0.1) is 0 Å². The molecule has 0 atom stereocenters. The predicted octanol–water partition coefficient (Wildman–Crippen LogP) is 1.52. The molecule has 1 aromatic heterocycles. The summed E-state index contributed by atoms with van der Waals surface area (Å²) < 4.78 is 37.4. The van der Waals surface area contributed by atoms with Crippen LogP contribution >= 0.6 is 0 Å². The summed E-state index contributed by atoms with van der Waals surface area (Å²) in [4.78, 5) is 3.26. The smallest absolute Gasteiger partial charge is 0.281 e. The van der Waals surface area contributed by atoms with E-state index in [0.29, 0.717) is 0 Å². The Morgan fingerprint density at radius 3 is 2.64 bits per heavy atom. The summed E-state index contributed by atoms with van der Waals surface area (Å²) in [6.45, 7) is -0.650. The molecule has 0 aliphatic heterocycles. The molecule has 0 fully saturated rings. The summed E-state index contributed by atoms with van der Waals surface area (Å²) in [6.07, 6.45) is -3.04. The zero-order valence-electron chi connectivity index (χ0n) is 6.84. The van der Waals surface area contributed by atoms with Crippen molar-refractivity contribution < 1.29 is 18.3 Å². The topological polar surface area (TPSA) is 56.9 Å². The lowest BCUT2D eigenvalue weighted by Gasteiger charge is -2.04. The Labute approximate surface area is 77.4 Å². The van der Waals surface area contributed by atoms with Crippen LogP contribution in [0.3, 0.4) is 0 Å². The van der Waals surface area contributed by atoms with E-state index in [1.807, 2.05) is 0 Å². The third-order valence-electron chi connectivity index (χ3n) is 1.53. The molecule has 0 amide bonds. The van der Waals surface area contributed by atoms with Crippen LogP contribution in [0.5, 0.6) is 0 Å². The van der Waals surface area contributed by atoms with E-state index in [4.69, 9.17) is 10.4 Å². The van der Waals surface area contributed by atoms with E-state index >= 15 is 0 Å². The van der Waals surface area contributed by atoms with Gasteiger partial charge in [-0.25, -0.2) is 18.2 Å². The number of aromatic nitrogens is 1. The first-order chi connectivity index (χ1) is 6.60. The van der Waals surface area contributed by atoms with Crippen LogP contribution in [0, 0.1) is 17.1 Å². The van der Waals surface area contributed by atoms with Crippen LogP contribution in [-0.2, 0) is 6.61 Å². The highest BCUT2D eigenvalue weighted by Gasteiger charge is 2.19. The summed E-state index contributed by atoms with van der Waals surface area (Å²) in [7, 11) is 0. The van der Waals surface area contributed by atoms with Crippen LogP contribution in [0.15, 0.2) is 6.07 Å². The van der Waals surface area contributed by atoms with Crippen molar-refractivity contribution in [2.45, 2.75) is 13.0 Å². The number of nitrogens with zero attached hydrogens (tertiary/aromatic N) is 2. The Morgan fingerprint density at radius 2 is 2.21 bits per heavy atom. The normalized spacial score (nSPS) is 10.3. The molecule has 14 heavy (non-hydrogen) atoms. The lowest BCUT2D eigenvalue weighted by atomic mass is 10.2. The summed E-state index contributed by atoms with van der Waals surface area (Å²) in [6, 6.07) is 2.05. The zero-order valence-corrected chi connectivity index (χ0v) is 6.84. The average molecular weight is 202 g/mol. The minimum atomic E-state index is -3.04. The molecule has 0 saturated heterocycles.